The monoisotopic (exact) mass is 287 g/mol. The molecular formula is C12H15BrFNO. The molecule has 0 aromatic heterocycles. The quantitative estimate of drug-likeness (QED) is 0.848. The Morgan fingerprint density at radius 3 is 3.00 bits per heavy atom. The summed E-state index contributed by atoms with van der Waals surface area (Å²) >= 11 is 3.39. The van der Waals surface area contributed by atoms with Gasteiger partial charge in [-0.15, -0.1) is 0 Å². The minimum atomic E-state index is -0.206. The summed E-state index contributed by atoms with van der Waals surface area (Å²) in [5, 5.41) is 0. The van der Waals surface area contributed by atoms with Crippen LogP contribution in [-0.2, 0) is 11.3 Å². The molecule has 0 bridgehead atoms. The maximum absolute atomic E-state index is 12.9. The molecule has 1 unspecified atom stereocenters. The maximum Gasteiger partial charge on any atom is 0.124 e. The van der Waals surface area contributed by atoms with Gasteiger partial charge >= 0.3 is 0 Å². The fourth-order valence-electron chi connectivity index (χ4n) is 1.92. The number of hydrogen-bond acceptors (Lipinski definition) is 2. The first-order valence-corrected chi connectivity index (χ1v) is 6.18. The molecule has 0 saturated carbocycles. The summed E-state index contributed by atoms with van der Waals surface area (Å²) in [7, 11) is 2.08. The van der Waals surface area contributed by atoms with Gasteiger partial charge in [0.1, 0.15) is 5.82 Å². The van der Waals surface area contributed by atoms with Crippen LogP contribution in [0.2, 0.25) is 0 Å². The molecular weight excluding hydrogens is 273 g/mol. The van der Waals surface area contributed by atoms with Crippen molar-refractivity contribution >= 4 is 15.9 Å². The van der Waals surface area contributed by atoms with Gasteiger partial charge in [0.05, 0.1) is 6.61 Å². The van der Waals surface area contributed by atoms with Crippen molar-refractivity contribution in [3.8, 4) is 0 Å². The zero-order chi connectivity index (χ0) is 11.5. The van der Waals surface area contributed by atoms with Crippen molar-refractivity contribution < 1.29 is 9.13 Å². The van der Waals surface area contributed by atoms with E-state index in [4.69, 9.17) is 4.74 Å². The van der Waals surface area contributed by atoms with Gasteiger partial charge in [-0.2, -0.15) is 0 Å². The van der Waals surface area contributed by atoms with E-state index in [1.807, 2.05) is 6.07 Å². The third-order valence-electron chi connectivity index (χ3n) is 2.96. The zero-order valence-electron chi connectivity index (χ0n) is 9.25. The largest absolute Gasteiger partial charge is 0.380 e. The third kappa shape index (κ3) is 2.81. The number of ether oxygens (including phenoxy) is 1. The molecule has 0 spiro atoms. The van der Waals surface area contributed by atoms with Crippen molar-refractivity contribution in [1.29, 1.82) is 0 Å². The molecule has 88 valence electrons. The van der Waals surface area contributed by atoms with E-state index in [1.54, 1.807) is 0 Å². The van der Waals surface area contributed by atoms with Gasteiger partial charge in [-0.3, -0.25) is 4.90 Å². The van der Waals surface area contributed by atoms with E-state index < -0.39 is 0 Å². The highest BCUT2D eigenvalue weighted by Gasteiger charge is 2.20. The molecule has 1 aliphatic rings. The van der Waals surface area contributed by atoms with E-state index in [-0.39, 0.29) is 5.82 Å². The number of rotatable bonds is 3. The average Bonchev–Trinajstić information content (AvgIpc) is 2.75. The van der Waals surface area contributed by atoms with E-state index >= 15 is 0 Å². The Bertz CT molecular complexity index is 366. The Kier molecular flexibility index (Phi) is 3.95. The Morgan fingerprint density at radius 1 is 1.56 bits per heavy atom. The van der Waals surface area contributed by atoms with E-state index in [0.29, 0.717) is 6.04 Å². The second-order valence-corrected chi connectivity index (χ2v) is 5.02. The number of hydrogen-bond donors (Lipinski definition) is 0. The molecule has 1 atom stereocenters. The molecule has 0 N–H and O–H groups in total. The minimum Gasteiger partial charge on any atom is -0.380 e. The Labute approximate surface area is 104 Å². The lowest BCUT2D eigenvalue weighted by Crippen LogP contribution is -2.31. The highest BCUT2D eigenvalue weighted by molar-refractivity contribution is 9.10. The van der Waals surface area contributed by atoms with E-state index in [1.165, 1.54) is 12.1 Å². The van der Waals surface area contributed by atoms with Crippen LogP contribution in [0.1, 0.15) is 12.0 Å². The zero-order valence-corrected chi connectivity index (χ0v) is 10.8. The Morgan fingerprint density at radius 2 is 2.38 bits per heavy atom. The summed E-state index contributed by atoms with van der Waals surface area (Å²) in [6.45, 7) is 2.46. The van der Waals surface area contributed by atoms with Crippen molar-refractivity contribution in [2.24, 2.45) is 0 Å². The first kappa shape index (κ1) is 12.0. The first-order valence-electron chi connectivity index (χ1n) is 5.39. The van der Waals surface area contributed by atoms with Gasteiger partial charge in [0, 0.05) is 23.7 Å². The topological polar surface area (TPSA) is 12.5 Å². The Balaban J connectivity index is 2.02. The number of likely N-dealkylation sites (N-methyl/N-ethyl adjacent to an activating group) is 1. The standard InChI is InChI=1S/C12H15BrFNO/c1-15(11-4-5-16-8-11)7-9-2-3-10(14)6-12(9)13/h2-3,6,11H,4-5,7-8H2,1H3. The van der Waals surface area contributed by atoms with E-state index in [0.717, 1.165) is 36.2 Å². The minimum absolute atomic E-state index is 0.206. The van der Waals surface area contributed by atoms with Crippen LogP contribution in [0.25, 0.3) is 0 Å². The van der Waals surface area contributed by atoms with Crippen LogP contribution >= 0.6 is 15.9 Å². The van der Waals surface area contributed by atoms with Crippen molar-refractivity contribution in [1.82, 2.24) is 4.90 Å². The molecule has 0 radical (unpaired) electrons. The highest BCUT2D eigenvalue weighted by Crippen LogP contribution is 2.21. The molecule has 1 aliphatic heterocycles. The van der Waals surface area contributed by atoms with Crippen molar-refractivity contribution in [2.45, 2.75) is 19.0 Å². The fourth-order valence-corrected chi connectivity index (χ4v) is 2.39. The van der Waals surface area contributed by atoms with Gasteiger partial charge in [-0.1, -0.05) is 22.0 Å². The van der Waals surface area contributed by atoms with Gasteiger partial charge in [-0.25, -0.2) is 4.39 Å². The summed E-state index contributed by atoms with van der Waals surface area (Å²) in [6.07, 6.45) is 1.08. The van der Waals surface area contributed by atoms with Crippen LogP contribution in [0, 0.1) is 5.82 Å². The summed E-state index contributed by atoms with van der Waals surface area (Å²) in [6, 6.07) is 5.32. The smallest absolute Gasteiger partial charge is 0.124 e. The predicted octanol–water partition coefficient (Wildman–Crippen LogP) is 2.81. The lowest BCUT2D eigenvalue weighted by atomic mass is 10.1. The van der Waals surface area contributed by atoms with Crippen LogP contribution in [0.15, 0.2) is 22.7 Å². The molecule has 4 heteroatoms. The molecule has 2 rings (SSSR count). The summed E-state index contributed by atoms with van der Waals surface area (Å²) < 4.78 is 19.1. The second-order valence-electron chi connectivity index (χ2n) is 4.17. The lowest BCUT2D eigenvalue weighted by molar-refractivity contribution is 0.156. The van der Waals surface area contributed by atoms with Gasteiger partial charge in [0.25, 0.3) is 0 Å². The first-order chi connectivity index (χ1) is 7.66. The molecule has 2 nitrogen and oxygen atoms in total. The van der Waals surface area contributed by atoms with Gasteiger partial charge in [-0.05, 0) is 31.2 Å². The van der Waals surface area contributed by atoms with Crippen molar-refractivity contribution in [3.63, 3.8) is 0 Å². The normalized spacial score (nSPS) is 20.6. The maximum atomic E-state index is 12.9. The lowest BCUT2D eigenvalue weighted by Gasteiger charge is -2.23. The molecule has 1 saturated heterocycles. The molecule has 0 amide bonds. The second kappa shape index (κ2) is 5.25. The van der Waals surface area contributed by atoms with Gasteiger partial charge < -0.3 is 4.74 Å². The summed E-state index contributed by atoms with van der Waals surface area (Å²) in [5.74, 6) is -0.206. The number of halogens is 2. The SMILES string of the molecule is CN(Cc1ccc(F)cc1Br)C1CCOC1. The highest BCUT2D eigenvalue weighted by atomic mass is 79.9. The van der Waals surface area contributed by atoms with Gasteiger partial charge in [0.2, 0.25) is 0 Å². The van der Waals surface area contributed by atoms with Crippen molar-refractivity contribution in [2.75, 3.05) is 20.3 Å². The molecule has 1 fully saturated rings. The van der Waals surface area contributed by atoms with Crippen molar-refractivity contribution in [3.05, 3.63) is 34.1 Å². The number of nitrogens with zero attached hydrogens (tertiary/aromatic N) is 1. The molecule has 1 heterocycles. The molecule has 1 aromatic carbocycles. The van der Waals surface area contributed by atoms with Gasteiger partial charge in [0.15, 0.2) is 0 Å². The average molecular weight is 288 g/mol. The van der Waals surface area contributed by atoms with Crippen LogP contribution in [0.4, 0.5) is 4.39 Å². The Hall–Kier alpha value is -0.450. The van der Waals surface area contributed by atoms with E-state index in [9.17, 15) is 4.39 Å². The molecule has 16 heavy (non-hydrogen) atoms. The van der Waals surface area contributed by atoms with E-state index in [2.05, 4.69) is 27.9 Å². The van der Waals surface area contributed by atoms with Crippen LogP contribution < -0.4 is 0 Å². The third-order valence-corrected chi connectivity index (χ3v) is 3.70. The molecule has 0 aliphatic carbocycles. The summed E-state index contributed by atoms with van der Waals surface area (Å²) in [5.41, 5.74) is 1.11. The van der Waals surface area contributed by atoms with Crippen LogP contribution in [-0.4, -0.2) is 31.2 Å². The van der Waals surface area contributed by atoms with Crippen LogP contribution in [0.5, 0.6) is 0 Å². The predicted molar refractivity (Wildman–Crippen MR) is 64.8 cm³/mol. The fraction of sp³-hybridized carbons (Fsp3) is 0.500. The summed E-state index contributed by atoms with van der Waals surface area (Å²) in [4.78, 5) is 2.25. The molecule has 1 aromatic rings. The number of benzene rings is 1. The van der Waals surface area contributed by atoms with Crippen LogP contribution in [0.3, 0.4) is 0 Å².